The minimum atomic E-state index is -0.105. The number of hydrogen-bond acceptors (Lipinski definition) is 5. The molecule has 0 aliphatic carbocycles. The van der Waals surface area contributed by atoms with E-state index in [-0.39, 0.29) is 25.0 Å². The van der Waals surface area contributed by atoms with Gasteiger partial charge in [0, 0.05) is 6.54 Å². The molecule has 1 saturated heterocycles. The van der Waals surface area contributed by atoms with E-state index in [1.165, 1.54) is 0 Å². The quantitative estimate of drug-likeness (QED) is 0.786. The van der Waals surface area contributed by atoms with Gasteiger partial charge >= 0.3 is 0 Å². The number of Topliss-reactive ketones (excluding diaryl/α,β-unsaturated/α-hetero) is 1. The van der Waals surface area contributed by atoms with E-state index in [9.17, 15) is 9.90 Å². The van der Waals surface area contributed by atoms with Gasteiger partial charge in [-0.05, 0) is 19.1 Å². The van der Waals surface area contributed by atoms with Crippen molar-refractivity contribution in [2.45, 2.75) is 13.0 Å². The first-order valence-electron chi connectivity index (χ1n) is 6.94. The molecule has 5 heteroatoms. The molecule has 0 radical (unpaired) electrons. The third-order valence-electron chi connectivity index (χ3n) is 3.39. The van der Waals surface area contributed by atoms with Crippen LogP contribution in [0.15, 0.2) is 24.3 Å². The van der Waals surface area contributed by atoms with Crippen molar-refractivity contribution in [3.05, 3.63) is 29.8 Å². The Morgan fingerprint density at radius 3 is 3.05 bits per heavy atom. The summed E-state index contributed by atoms with van der Waals surface area (Å²) >= 11 is 0. The van der Waals surface area contributed by atoms with Crippen molar-refractivity contribution in [3.8, 4) is 5.75 Å². The molecule has 5 nitrogen and oxygen atoms in total. The minimum absolute atomic E-state index is 0.000384. The Hall–Kier alpha value is -1.43. The van der Waals surface area contributed by atoms with Gasteiger partial charge in [0.15, 0.2) is 5.78 Å². The number of carbonyl (C=O) groups is 1. The summed E-state index contributed by atoms with van der Waals surface area (Å²) in [5, 5.41) is 9.33. The van der Waals surface area contributed by atoms with Crippen LogP contribution in [0.2, 0.25) is 0 Å². The second-order valence-corrected chi connectivity index (χ2v) is 4.73. The van der Waals surface area contributed by atoms with E-state index in [4.69, 9.17) is 9.47 Å². The molecule has 0 amide bonds. The molecule has 0 spiro atoms. The maximum absolute atomic E-state index is 12.4. The van der Waals surface area contributed by atoms with Gasteiger partial charge in [-0.3, -0.25) is 9.69 Å². The van der Waals surface area contributed by atoms with Crippen LogP contribution in [0.5, 0.6) is 5.75 Å². The molecular formula is C15H21NO4. The highest BCUT2D eigenvalue weighted by atomic mass is 16.5. The Balaban J connectivity index is 2.07. The van der Waals surface area contributed by atoms with Crippen LogP contribution in [0.1, 0.15) is 17.3 Å². The molecule has 1 aromatic rings. The fourth-order valence-corrected chi connectivity index (χ4v) is 2.31. The highest BCUT2D eigenvalue weighted by Crippen LogP contribution is 2.19. The zero-order chi connectivity index (χ0) is 14.4. The van der Waals surface area contributed by atoms with Gasteiger partial charge in [0.05, 0.1) is 44.6 Å². The van der Waals surface area contributed by atoms with Gasteiger partial charge in [0.2, 0.25) is 0 Å². The number of nitrogens with zero attached hydrogens (tertiary/aromatic N) is 1. The predicted molar refractivity (Wildman–Crippen MR) is 75.2 cm³/mol. The van der Waals surface area contributed by atoms with Crippen LogP contribution in [0.3, 0.4) is 0 Å². The molecular weight excluding hydrogens is 258 g/mol. The van der Waals surface area contributed by atoms with Crippen LogP contribution in [0, 0.1) is 0 Å². The zero-order valence-electron chi connectivity index (χ0n) is 11.7. The molecule has 20 heavy (non-hydrogen) atoms. The molecule has 1 aromatic carbocycles. The fourth-order valence-electron chi connectivity index (χ4n) is 2.31. The Labute approximate surface area is 119 Å². The van der Waals surface area contributed by atoms with E-state index < -0.39 is 0 Å². The normalized spacial score (nSPS) is 19.8. The molecule has 1 unspecified atom stereocenters. The topological polar surface area (TPSA) is 59.0 Å². The second kappa shape index (κ2) is 7.38. The van der Waals surface area contributed by atoms with E-state index in [0.717, 1.165) is 0 Å². The molecule has 110 valence electrons. The lowest BCUT2D eigenvalue weighted by atomic mass is 10.1. The monoisotopic (exact) mass is 279 g/mol. The summed E-state index contributed by atoms with van der Waals surface area (Å²) in [5.41, 5.74) is 0.595. The van der Waals surface area contributed by atoms with E-state index in [1.807, 2.05) is 24.0 Å². The predicted octanol–water partition coefficient (Wildman–Crippen LogP) is 0.961. The average Bonchev–Trinajstić information content (AvgIpc) is 2.48. The Bertz CT molecular complexity index is 449. The van der Waals surface area contributed by atoms with Crippen molar-refractivity contribution < 1.29 is 19.4 Å². The average molecular weight is 279 g/mol. The molecule has 2 rings (SSSR count). The van der Waals surface area contributed by atoms with Crippen LogP contribution < -0.4 is 4.74 Å². The first-order valence-corrected chi connectivity index (χ1v) is 6.94. The Morgan fingerprint density at radius 2 is 2.30 bits per heavy atom. The minimum Gasteiger partial charge on any atom is -0.493 e. The van der Waals surface area contributed by atoms with Crippen LogP contribution in [0.4, 0.5) is 0 Å². The lowest BCUT2D eigenvalue weighted by Gasteiger charge is -2.33. The number of hydrogen-bond donors (Lipinski definition) is 1. The summed E-state index contributed by atoms with van der Waals surface area (Å²) in [4.78, 5) is 14.4. The lowest BCUT2D eigenvalue weighted by molar-refractivity contribution is -0.0240. The number of ether oxygens (including phenoxy) is 2. The van der Waals surface area contributed by atoms with E-state index >= 15 is 0 Å². The van der Waals surface area contributed by atoms with Crippen molar-refractivity contribution in [3.63, 3.8) is 0 Å². The van der Waals surface area contributed by atoms with Crippen molar-refractivity contribution in [1.82, 2.24) is 4.90 Å². The number of ketones is 1. The van der Waals surface area contributed by atoms with Gasteiger partial charge in [0.1, 0.15) is 5.75 Å². The van der Waals surface area contributed by atoms with Crippen molar-refractivity contribution in [2.24, 2.45) is 0 Å². The second-order valence-electron chi connectivity index (χ2n) is 4.73. The number of aliphatic hydroxyl groups excluding tert-OH is 1. The largest absolute Gasteiger partial charge is 0.493 e. The van der Waals surface area contributed by atoms with E-state index in [0.29, 0.717) is 37.7 Å². The molecule has 1 N–H and O–H groups in total. The summed E-state index contributed by atoms with van der Waals surface area (Å²) in [6, 6.07) is 7.17. The lowest BCUT2D eigenvalue weighted by Crippen LogP contribution is -2.49. The van der Waals surface area contributed by atoms with Crippen LogP contribution >= 0.6 is 0 Å². The third-order valence-corrected chi connectivity index (χ3v) is 3.39. The third kappa shape index (κ3) is 3.56. The number of para-hydroxylation sites is 1. The van der Waals surface area contributed by atoms with Gasteiger partial charge in [-0.1, -0.05) is 12.1 Å². The molecule has 1 heterocycles. The number of morpholine rings is 1. The SMILES string of the molecule is CCOc1ccccc1C(=O)CN1CCOCC1CO. The zero-order valence-corrected chi connectivity index (χ0v) is 11.7. The first-order chi connectivity index (χ1) is 9.76. The summed E-state index contributed by atoms with van der Waals surface area (Å²) in [7, 11) is 0. The molecule has 0 aromatic heterocycles. The highest BCUT2D eigenvalue weighted by molar-refractivity contribution is 6.00. The van der Waals surface area contributed by atoms with Crippen LogP contribution in [-0.2, 0) is 4.74 Å². The van der Waals surface area contributed by atoms with Gasteiger partial charge in [-0.15, -0.1) is 0 Å². The van der Waals surface area contributed by atoms with Crippen molar-refractivity contribution >= 4 is 5.78 Å². The number of carbonyl (C=O) groups excluding carboxylic acids is 1. The molecule has 0 saturated carbocycles. The van der Waals surface area contributed by atoms with Gasteiger partial charge in [0.25, 0.3) is 0 Å². The van der Waals surface area contributed by atoms with Gasteiger partial charge in [-0.25, -0.2) is 0 Å². The van der Waals surface area contributed by atoms with Crippen molar-refractivity contribution in [2.75, 3.05) is 39.5 Å². The van der Waals surface area contributed by atoms with Gasteiger partial charge < -0.3 is 14.6 Å². The molecule has 1 aliphatic rings. The Kier molecular flexibility index (Phi) is 5.52. The number of aliphatic hydroxyl groups is 1. The van der Waals surface area contributed by atoms with E-state index in [2.05, 4.69) is 0 Å². The Morgan fingerprint density at radius 1 is 1.50 bits per heavy atom. The van der Waals surface area contributed by atoms with Gasteiger partial charge in [-0.2, -0.15) is 0 Å². The summed E-state index contributed by atoms with van der Waals surface area (Å²) < 4.78 is 10.8. The molecule has 1 aliphatic heterocycles. The first kappa shape index (κ1) is 15.0. The summed E-state index contributed by atoms with van der Waals surface area (Å²) in [6.07, 6.45) is 0. The van der Waals surface area contributed by atoms with E-state index in [1.54, 1.807) is 12.1 Å². The standard InChI is InChI=1S/C15H21NO4/c1-2-20-15-6-4-3-5-13(15)14(18)9-16-7-8-19-11-12(16)10-17/h3-6,12,17H,2,7-11H2,1H3. The maximum atomic E-state index is 12.4. The summed E-state index contributed by atoms with van der Waals surface area (Å²) in [5.74, 6) is 0.628. The maximum Gasteiger partial charge on any atom is 0.180 e. The number of benzene rings is 1. The summed E-state index contributed by atoms with van der Waals surface area (Å²) in [6.45, 7) is 4.42. The fraction of sp³-hybridized carbons (Fsp3) is 0.533. The molecule has 1 atom stereocenters. The smallest absolute Gasteiger partial charge is 0.180 e. The van der Waals surface area contributed by atoms with Crippen LogP contribution in [-0.4, -0.2) is 61.3 Å². The van der Waals surface area contributed by atoms with Crippen LogP contribution in [0.25, 0.3) is 0 Å². The molecule has 1 fully saturated rings. The molecule has 0 bridgehead atoms. The highest BCUT2D eigenvalue weighted by Gasteiger charge is 2.25. The van der Waals surface area contributed by atoms with Crippen molar-refractivity contribution in [1.29, 1.82) is 0 Å². The number of rotatable bonds is 6.